The van der Waals surface area contributed by atoms with Gasteiger partial charge in [0.25, 0.3) is 5.91 Å². The van der Waals surface area contributed by atoms with Crippen LogP contribution in [-0.4, -0.2) is 33.4 Å². The molecule has 2 N–H and O–H groups in total. The highest BCUT2D eigenvalue weighted by Gasteiger charge is 2.48. The number of aryl methyl sites for hydroxylation is 1. The van der Waals surface area contributed by atoms with Crippen molar-refractivity contribution in [3.8, 4) is 10.6 Å². The Kier molecular flexibility index (Phi) is 5.65. The molecule has 1 saturated heterocycles. The molecule has 1 aromatic carbocycles. The van der Waals surface area contributed by atoms with E-state index in [9.17, 15) is 14.4 Å². The number of urea groups is 1. The van der Waals surface area contributed by atoms with E-state index in [-0.39, 0.29) is 6.42 Å². The molecule has 1 unspecified atom stereocenters. The second-order valence-electron chi connectivity index (χ2n) is 7.26. The molecule has 0 aliphatic carbocycles. The first-order chi connectivity index (χ1) is 14.4. The largest absolute Gasteiger partial charge is 0.344 e. The number of amides is 4. The molecule has 0 spiro atoms. The van der Waals surface area contributed by atoms with Crippen molar-refractivity contribution in [3.05, 3.63) is 63.8 Å². The number of benzene rings is 1. The fourth-order valence-electron chi connectivity index (χ4n) is 3.23. The molecule has 9 heteroatoms. The maximum atomic E-state index is 12.8. The molecule has 4 amide bonds. The number of nitrogens with one attached hydrogen (secondary N) is 2. The van der Waals surface area contributed by atoms with Crippen LogP contribution in [0.15, 0.2) is 52.5 Å². The minimum atomic E-state index is -1.06. The van der Waals surface area contributed by atoms with Gasteiger partial charge in [0.2, 0.25) is 5.91 Å². The number of aromatic nitrogens is 1. The first-order valence-electron chi connectivity index (χ1n) is 9.42. The Hall–Kier alpha value is -3.04. The zero-order valence-electron chi connectivity index (χ0n) is 16.3. The lowest BCUT2D eigenvalue weighted by molar-refractivity contribution is -0.138. The third-order valence-electron chi connectivity index (χ3n) is 4.92. The van der Waals surface area contributed by atoms with E-state index >= 15 is 0 Å². The van der Waals surface area contributed by atoms with Gasteiger partial charge in [-0.2, -0.15) is 16.3 Å². The van der Waals surface area contributed by atoms with Crippen LogP contribution in [0.1, 0.15) is 24.6 Å². The summed E-state index contributed by atoms with van der Waals surface area (Å²) in [6, 6.07) is 11.1. The standard InChI is InChI=1S/C21H20N4O3S2/c1-21(9-7-14-5-3-2-4-6-14)19(27)25(20(28)23-21)24-17(26)11-16-13-30-18(22-16)15-8-10-29-12-15/h2-6,8,10,12-13H,7,9,11H2,1H3,(H,23,28)(H,24,26). The Balaban J connectivity index is 1.36. The molecule has 1 aliphatic heterocycles. The highest BCUT2D eigenvalue weighted by molar-refractivity contribution is 7.14. The minimum absolute atomic E-state index is 0.0154. The fraction of sp³-hybridized carbons (Fsp3) is 0.238. The van der Waals surface area contributed by atoms with E-state index in [4.69, 9.17) is 0 Å². The van der Waals surface area contributed by atoms with Gasteiger partial charge in [-0.05, 0) is 36.8 Å². The van der Waals surface area contributed by atoms with Crippen molar-refractivity contribution in [3.63, 3.8) is 0 Å². The molecule has 0 saturated carbocycles. The van der Waals surface area contributed by atoms with Crippen molar-refractivity contribution in [2.45, 2.75) is 31.7 Å². The monoisotopic (exact) mass is 440 g/mol. The summed E-state index contributed by atoms with van der Waals surface area (Å²) in [7, 11) is 0. The van der Waals surface area contributed by atoms with Gasteiger partial charge in [0.05, 0.1) is 12.1 Å². The van der Waals surface area contributed by atoms with Crippen molar-refractivity contribution >= 4 is 40.5 Å². The van der Waals surface area contributed by atoms with Crippen LogP contribution in [0.4, 0.5) is 4.79 Å². The van der Waals surface area contributed by atoms with E-state index in [1.165, 1.54) is 11.3 Å². The molecular weight excluding hydrogens is 420 g/mol. The van der Waals surface area contributed by atoms with Crippen molar-refractivity contribution < 1.29 is 14.4 Å². The maximum Gasteiger partial charge on any atom is 0.344 e. The molecule has 30 heavy (non-hydrogen) atoms. The van der Waals surface area contributed by atoms with E-state index < -0.39 is 23.4 Å². The van der Waals surface area contributed by atoms with Crippen molar-refractivity contribution in [1.82, 2.24) is 20.7 Å². The highest BCUT2D eigenvalue weighted by Crippen LogP contribution is 2.26. The lowest BCUT2D eigenvalue weighted by atomic mass is 9.93. The Morgan fingerprint density at radius 1 is 1.20 bits per heavy atom. The number of carbonyl (C=O) groups is 3. The molecule has 3 aromatic rings. The number of imide groups is 1. The SMILES string of the molecule is CC1(CCc2ccccc2)NC(=O)N(NC(=O)Cc2csc(-c3ccsc3)n2)C1=O. The number of carbonyl (C=O) groups excluding carboxylic acids is 3. The lowest BCUT2D eigenvalue weighted by Crippen LogP contribution is -2.49. The highest BCUT2D eigenvalue weighted by atomic mass is 32.1. The summed E-state index contributed by atoms with van der Waals surface area (Å²) in [6.45, 7) is 1.68. The zero-order chi connectivity index (χ0) is 21.1. The van der Waals surface area contributed by atoms with Crippen molar-refractivity contribution in [2.75, 3.05) is 0 Å². The molecule has 7 nitrogen and oxygen atoms in total. The summed E-state index contributed by atoms with van der Waals surface area (Å²) >= 11 is 3.03. The van der Waals surface area contributed by atoms with Crippen LogP contribution in [0.2, 0.25) is 0 Å². The van der Waals surface area contributed by atoms with Crippen LogP contribution >= 0.6 is 22.7 Å². The van der Waals surface area contributed by atoms with Gasteiger partial charge < -0.3 is 5.32 Å². The molecule has 3 heterocycles. The summed E-state index contributed by atoms with van der Waals surface area (Å²) in [5.41, 5.74) is 4.05. The maximum absolute atomic E-state index is 12.8. The molecule has 1 fully saturated rings. The van der Waals surface area contributed by atoms with E-state index in [2.05, 4.69) is 15.7 Å². The molecule has 154 valence electrons. The van der Waals surface area contributed by atoms with E-state index in [0.717, 1.165) is 21.1 Å². The van der Waals surface area contributed by atoms with Crippen molar-refractivity contribution in [2.24, 2.45) is 0 Å². The third kappa shape index (κ3) is 4.27. The average Bonchev–Trinajstić information content (AvgIpc) is 3.46. The first-order valence-corrected chi connectivity index (χ1v) is 11.2. The number of hydrazine groups is 1. The summed E-state index contributed by atoms with van der Waals surface area (Å²) in [5, 5.41) is 10.1. The number of nitrogens with zero attached hydrogens (tertiary/aromatic N) is 2. The van der Waals surface area contributed by atoms with Gasteiger partial charge in [0.15, 0.2) is 0 Å². The van der Waals surface area contributed by atoms with Gasteiger partial charge in [-0.15, -0.1) is 11.3 Å². The summed E-state index contributed by atoms with van der Waals surface area (Å²) in [5.74, 6) is -0.929. The van der Waals surface area contributed by atoms with E-state index in [1.807, 2.05) is 52.5 Å². The van der Waals surface area contributed by atoms with E-state index in [0.29, 0.717) is 18.5 Å². The molecule has 1 atom stereocenters. The van der Waals surface area contributed by atoms with Gasteiger partial charge >= 0.3 is 6.03 Å². The molecule has 0 radical (unpaired) electrons. The van der Waals surface area contributed by atoms with E-state index in [1.54, 1.807) is 18.3 Å². The van der Waals surface area contributed by atoms with Crippen LogP contribution in [0.3, 0.4) is 0 Å². The quantitative estimate of drug-likeness (QED) is 0.551. The summed E-state index contributed by atoms with van der Waals surface area (Å²) in [6.07, 6.45) is 1.05. The molecule has 4 rings (SSSR count). The minimum Gasteiger partial charge on any atom is -0.322 e. The van der Waals surface area contributed by atoms with Crippen molar-refractivity contribution in [1.29, 1.82) is 0 Å². The molecule has 2 aromatic heterocycles. The number of thiophene rings is 1. The van der Waals surface area contributed by atoms with Crippen LogP contribution < -0.4 is 10.7 Å². The predicted molar refractivity (Wildman–Crippen MR) is 116 cm³/mol. The molecule has 1 aliphatic rings. The first kappa shape index (κ1) is 20.2. The van der Waals surface area contributed by atoms with Gasteiger partial charge in [-0.1, -0.05) is 30.3 Å². The summed E-state index contributed by atoms with van der Waals surface area (Å²) < 4.78 is 0. The second-order valence-corrected chi connectivity index (χ2v) is 8.89. The second kappa shape index (κ2) is 8.37. The topological polar surface area (TPSA) is 91.4 Å². The van der Waals surface area contributed by atoms with Crippen LogP contribution in [0.25, 0.3) is 10.6 Å². The van der Waals surface area contributed by atoms with Gasteiger partial charge in [-0.3, -0.25) is 15.0 Å². The number of hydrogen-bond acceptors (Lipinski definition) is 6. The Morgan fingerprint density at radius 2 is 2.00 bits per heavy atom. The fourth-order valence-corrected chi connectivity index (χ4v) is 4.76. The summed E-state index contributed by atoms with van der Waals surface area (Å²) in [4.78, 5) is 42.0. The molecule has 0 bridgehead atoms. The number of hydrogen-bond donors (Lipinski definition) is 2. The van der Waals surface area contributed by atoms with Crippen LogP contribution in [-0.2, 0) is 22.4 Å². The predicted octanol–water partition coefficient (Wildman–Crippen LogP) is 3.39. The Morgan fingerprint density at radius 3 is 2.73 bits per heavy atom. The number of rotatable bonds is 7. The smallest absolute Gasteiger partial charge is 0.322 e. The normalized spacial score (nSPS) is 18.5. The van der Waals surface area contributed by atoms with Gasteiger partial charge in [0, 0.05) is 16.3 Å². The average molecular weight is 441 g/mol. The van der Waals surface area contributed by atoms with Gasteiger partial charge in [-0.25, -0.2) is 9.78 Å². The number of thiazole rings is 1. The van der Waals surface area contributed by atoms with Crippen LogP contribution in [0.5, 0.6) is 0 Å². The van der Waals surface area contributed by atoms with Crippen LogP contribution in [0, 0.1) is 0 Å². The third-order valence-corrected chi connectivity index (χ3v) is 6.54. The lowest BCUT2D eigenvalue weighted by Gasteiger charge is -2.21. The Bertz CT molecular complexity index is 1070. The zero-order valence-corrected chi connectivity index (χ0v) is 17.9. The Labute approximate surface area is 181 Å². The van der Waals surface area contributed by atoms with Gasteiger partial charge in [0.1, 0.15) is 10.5 Å². The molecular formula is C21H20N4O3S2.